The summed E-state index contributed by atoms with van der Waals surface area (Å²) in [4.78, 5) is 40.6. The van der Waals surface area contributed by atoms with Crippen molar-refractivity contribution >= 4 is 17.8 Å². The Morgan fingerprint density at radius 1 is 1.25 bits per heavy atom. The molecule has 1 unspecified atom stereocenters. The average molecular weight is 275 g/mol. The highest BCUT2D eigenvalue weighted by Crippen LogP contribution is 2.16. The normalized spacial score (nSPS) is 19.1. The number of urea groups is 1. The maximum Gasteiger partial charge on any atom is 0.330 e. The molecule has 1 aromatic heterocycles. The highest BCUT2D eigenvalue weighted by Gasteiger charge is 2.39. The van der Waals surface area contributed by atoms with Crippen LogP contribution in [0.1, 0.15) is 25.3 Å². The second kappa shape index (κ2) is 6.27. The number of barbiturate groups is 1. The SMILES string of the molecule is CCCC1C(=O)NC(=O)N(CCc2ccncc2)C1=O. The van der Waals surface area contributed by atoms with Gasteiger partial charge in [0.1, 0.15) is 5.92 Å². The fourth-order valence-corrected chi connectivity index (χ4v) is 2.21. The van der Waals surface area contributed by atoms with Gasteiger partial charge in [0.2, 0.25) is 11.8 Å². The van der Waals surface area contributed by atoms with Crippen LogP contribution in [0.3, 0.4) is 0 Å². The van der Waals surface area contributed by atoms with Crippen LogP contribution in [0, 0.1) is 5.92 Å². The van der Waals surface area contributed by atoms with E-state index in [9.17, 15) is 14.4 Å². The molecule has 6 nitrogen and oxygen atoms in total. The van der Waals surface area contributed by atoms with E-state index in [1.165, 1.54) is 0 Å². The number of carbonyl (C=O) groups is 3. The Morgan fingerprint density at radius 3 is 2.60 bits per heavy atom. The summed E-state index contributed by atoms with van der Waals surface area (Å²) < 4.78 is 0. The highest BCUT2D eigenvalue weighted by molar-refractivity contribution is 6.16. The third kappa shape index (κ3) is 3.01. The van der Waals surface area contributed by atoms with E-state index >= 15 is 0 Å². The Kier molecular flexibility index (Phi) is 4.45. The van der Waals surface area contributed by atoms with Crippen molar-refractivity contribution in [3.63, 3.8) is 0 Å². The fraction of sp³-hybridized carbons (Fsp3) is 0.429. The van der Waals surface area contributed by atoms with Crippen LogP contribution >= 0.6 is 0 Å². The average Bonchev–Trinajstić information content (AvgIpc) is 2.44. The number of nitrogens with zero attached hydrogens (tertiary/aromatic N) is 2. The van der Waals surface area contributed by atoms with Crippen molar-refractivity contribution in [2.24, 2.45) is 5.92 Å². The van der Waals surface area contributed by atoms with E-state index in [-0.39, 0.29) is 6.54 Å². The summed E-state index contributed by atoms with van der Waals surface area (Å²) in [6, 6.07) is 3.04. The van der Waals surface area contributed by atoms with E-state index < -0.39 is 23.8 Å². The lowest BCUT2D eigenvalue weighted by atomic mass is 9.99. The number of imide groups is 2. The monoisotopic (exact) mass is 275 g/mol. The van der Waals surface area contributed by atoms with Gasteiger partial charge in [-0.3, -0.25) is 24.8 Å². The summed E-state index contributed by atoms with van der Waals surface area (Å²) in [5.41, 5.74) is 0.990. The van der Waals surface area contributed by atoms with Gasteiger partial charge in [0.05, 0.1) is 0 Å². The number of amides is 4. The molecule has 1 aliphatic rings. The largest absolute Gasteiger partial charge is 0.330 e. The van der Waals surface area contributed by atoms with Crippen molar-refractivity contribution in [3.8, 4) is 0 Å². The predicted molar refractivity (Wildman–Crippen MR) is 71.6 cm³/mol. The highest BCUT2D eigenvalue weighted by atomic mass is 16.2. The molecule has 1 atom stereocenters. The molecule has 0 aromatic carbocycles. The minimum atomic E-state index is -0.741. The van der Waals surface area contributed by atoms with Gasteiger partial charge in [-0.05, 0) is 30.5 Å². The first kappa shape index (κ1) is 14.2. The molecule has 0 bridgehead atoms. The standard InChI is InChI=1S/C14H17N3O3/c1-2-3-11-12(18)16-14(20)17(13(11)19)9-6-10-4-7-15-8-5-10/h4-5,7-8,11H,2-3,6,9H2,1H3,(H,16,18,20). The van der Waals surface area contributed by atoms with Crippen LogP contribution < -0.4 is 5.32 Å². The van der Waals surface area contributed by atoms with Crippen molar-refractivity contribution in [1.82, 2.24) is 15.2 Å². The van der Waals surface area contributed by atoms with Crippen LogP contribution in [0.25, 0.3) is 0 Å². The zero-order chi connectivity index (χ0) is 14.5. The molecule has 20 heavy (non-hydrogen) atoms. The van der Waals surface area contributed by atoms with Crippen LogP contribution in [0.5, 0.6) is 0 Å². The maximum atomic E-state index is 12.2. The molecular formula is C14H17N3O3. The zero-order valence-electron chi connectivity index (χ0n) is 11.3. The molecule has 1 aliphatic heterocycles. The van der Waals surface area contributed by atoms with Gasteiger partial charge >= 0.3 is 6.03 Å². The van der Waals surface area contributed by atoms with Gasteiger partial charge in [0, 0.05) is 18.9 Å². The first-order valence-corrected chi connectivity index (χ1v) is 6.68. The van der Waals surface area contributed by atoms with E-state index in [1.807, 2.05) is 19.1 Å². The van der Waals surface area contributed by atoms with E-state index in [0.29, 0.717) is 12.8 Å². The lowest BCUT2D eigenvalue weighted by Gasteiger charge is -2.30. The van der Waals surface area contributed by atoms with Crippen LogP contribution in [0.15, 0.2) is 24.5 Å². The summed E-state index contributed by atoms with van der Waals surface area (Å²) >= 11 is 0. The Bertz CT molecular complexity index is 516. The van der Waals surface area contributed by atoms with Crippen LogP contribution in [0.4, 0.5) is 4.79 Å². The molecule has 1 N–H and O–H groups in total. The molecule has 106 valence electrons. The molecule has 6 heteroatoms. The van der Waals surface area contributed by atoms with E-state index in [4.69, 9.17) is 0 Å². The number of aromatic nitrogens is 1. The van der Waals surface area contributed by atoms with Crippen LogP contribution in [0.2, 0.25) is 0 Å². The van der Waals surface area contributed by atoms with Crippen molar-refractivity contribution in [1.29, 1.82) is 0 Å². The van der Waals surface area contributed by atoms with Crippen molar-refractivity contribution in [3.05, 3.63) is 30.1 Å². The van der Waals surface area contributed by atoms with Crippen LogP contribution in [-0.2, 0) is 16.0 Å². The predicted octanol–water partition coefficient (Wildman–Crippen LogP) is 1.12. The van der Waals surface area contributed by atoms with Gasteiger partial charge in [-0.25, -0.2) is 4.79 Å². The second-order valence-electron chi connectivity index (χ2n) is 4.73. The van der Waals surface area contributed by atoms with Gasteiger partial charge in [0.25, 0.3) is 0 Å². The molecule has 0 spiro atoms. The first-order valence-electron chi connectivity index (χ1n) is 6.68. The Balaban J connectivity index is 2.04. The van der Waals surface area contributed by atoms with Gasteiger partial charge < -0.3 is 0 Å². The van der Waals surface area contributed by atoms with Gasteiger partial charge in [-0.15, -0.1) is 0 Å². The van der Waals surface area contributed by atoms with E-state index in [2.05, 4.69) is 10.3 Å². The number of hydrogen-bond acceptors (Lipinski definition) is 4. The lowest BCUT2D eigenvalue weighted by Crippen LogP contribution is -2.58. The Morgan fingerprint density at radius 2 is 1.95 bits per heavy atom. The molecular weight excluding hydrogens is 258 g/mol. The smallest absolute Gasteiger partial charge is 0.277 e. The summed E-state index contributed by atoms with van der Waals surface area (Å²) in [6.07, 6.45) is 5.06. The topological polar surface area (TPSA) is 79.4 Å². The van der Waals surface area contributed by atoms with Gasteiger partial charge in [-0.2, -0.15) is 0 Å². The molecule has 4 amide bonds. The van der Waals surface area contributed by atoms with Crippen molar-refractivity contribution < 1.29 is 14.4 Å². The van der Waals surface area contributed by atoms with E-state index in [0.717, 1.165) is 16.9 Å². The second-order valence-corrected chi connectivity index (χ2v) is 4.73. The number of rotatable bonds is 5. The third-order valence-corrected chi connectivity index (χ3v) is 3.31. The molecule has 1 fully saturated rings. The number of pyridine rings is 1. The fourth-order valence-electron chi connectivity index (χ4n) is 2.21. The molecule has 1 saturated heterocycles. The van der Waals surface area contributed by atoms with Gasteiger partial charge in [-0.1, -0.05) is 13.3 Å². The molecule has 0 aliphatic carbocycles. The molecule has 0 saturated carbocycles. The quantitative estimate of drug-likeness (QED) is 0.817. The Hall–Kier alpha value is -2.24. The number of nitrogens with one attached hydrogen (secondary N) is 1. The molecule has 2 rings (SSSR count). The minimum absolute atomic E-state index is 0.266. The van der Waals surface area contributed by atoms with Gasteiger partial charge in [0.15, 0.2) is 0 Å². The summed E-state index contributed by atoms with van der Waals surface area (Å²) in [6.45, 7) is 2.17. The molecule has 1 aromatic rings. The first-order chi connectivity index (χ1) is 9.63. The minimum Gasteiger partial charge on any atom is -0.277 e. The van der Waals surface area contributed by atoms with Crippen LogP contribution in [-0.4, -0.2) is 34.3 Å². The summed E-state index contributed by atoms with van der Waals surface area (Å²) in [7, 11) is 0. The summed E-state index contributed by atoms with van der Waals surface area (Å²) in [5.74, 6) is -1.62. The maximum absolute atomic E-state index is 12.2. The van der Waals surface area contributed by atoms with E-state index in [1.54, 1.807) is 12.4 Å². The van der Waals surface area contributed by atoms with Crippen molar-refractivity contribution in [2.75, 3.05) is 6.54 Å². The summed E-state index contributed by atoms with van der Waals surface area (Å²) in [5, 5.41) is 2.25. The lowest BCUT2D eigenvalue weighted by molar-refractivity contribution is -0.142. The zero-order valence-corrected chi connectivity index (χ0v) is 11.3. The van der Waals surface area contributed by atoms with Crippen molar-refractivity contribution in [2.45, 2.75) is 26.2 Å². The molecule has 2 heterocycles. The molecule has 0 radical (unpaired) electrons. The third-order valence-electron chi connectivity index (χ3n) is 3.31. The number of hydrogen-bond donors (Lipinski definition) is 1. The Labute approximate surface area is 117 Å². The number of carbonyl (C=O) groups excluding carboxylic acids is 3.